The summed E-state index contributed by atoms with van der Waals surface area (Å²) in [6.07, 6.45) is 0.483. The first-order chi connectivity index (χ1) is 8.20. The predicted octanol–water partition coefficient (Wildman–Crippen LogP) is 1.89. The number of aromatic amines is 2. The van der Waals surface area contributed by atoms with E-state index in [1.54, 1.807) is 0 Å². The molecule has 2 N–H and O–H groups in total. The topological polar surface area (TPSA) is 72.4 Å². The van der Waals surface area contributed by atoms with Gasteiger partial charge in [-0.25, -0.2) is 4.79 Å². The fraction of sp³-hybridized carbons (Fsp3) is 0.0833. The van der Waals surface area contributed by atoms with Crippen LogP contribution in [0.4, 0.5) is 0 Å². The van der Waals surface area contributed by atoms with Gasteiger partial charge in [0.05, 0.1) is 0 Å². The van der Waals surface area contributed by atoms with E-state index in [0.29, 0.717) is 17.7 Å². The van der Waals surface area contributed by atoms with Crippen LogP contribution in [0.1, 0.15) is 16.8 Å². The molecule has 5 heteroatoms. The van der Waals surface area contributed by atoms with Gasteiger partial charge in [0, 0.05) is 12.1 Å². The number of rotatable bonds is 2. The van der Waals surface area contributed by atoms with Gasteiger partial charge in [0.25, 0.3) is 0 Å². The van der Waals surface area contributed by atoms with Crippen LogP contribution in [0, 0.1) is 16.0 Å². The lowest BCUT2D eigenvalue weighted by Gasteiger charge is -2.03. The zero-order chi connectivity index (χ0) is 12.3. The van der Waals surface area contributed by atoms with E-state index < -0.39 is 0 Å². The number of nitriles is 1. The summed E-state index contributed by atoms with van der Waals surface area (Å²) >= 11 is 4.94. The summed E-state index contributed by atoms with van der Waals surface area (Å²) in [5.41, 5.74) is 1.50. The second kappa shape index (κ2) is 4.76. The van der Waals surface area contributed by atoms with Gasteiger partial charge in [-0.1, -0.05) is 42.5 Å². The molecule has 1 aromatic heterocycles. The molecule has 0 amide bonds. The molecule has 0 aliphatic heterocycles. The third-order valence-electron chi connectivity index (χ3n) is 2.36. The lowest BCUT2D eigenvalue weighted by molar-refractivity contribution is 0.957. The first-order valence-corrected chi connectivity index (χ1v) is 5.41. The number of nitrogens with zero attached hydrogens (tertiary/aromatic N) is 1. The van der Waals surface area contributed by atoms with E-state index in [1.807, 2.05) is 36.4 Å². The summed E-state index contributed by atoms with van der Waals surface area (Å²) in [5.74, 6) is 0. The van der Waals surface area contributed by atoms with Crippen molar-refractivity contribution in [2.75, 3.05) is 0 Å². The Bertz CT molecular complexity index is 679. The van der Waals surface area contributed by atoms with Crippen LogP contribution in [0.5, 0.6) is 0 Å². The Morgan fingerprint density at radius 1 is 1.24 bits per heavy atom. The molecule has 0 aliphatic carbocycles. The van der Waals surface area contributed by atoms with E-state index in [9.17, 15) is 4.79 Å². The summed E-state index contributed by atoms with van der Waals surface area (Å²) < 4.78 is 0.183. The van der Waals surface area contributed by atoms with Gasteiger partial charge in [-0.3, -0.25) is 4.98 Å². The minimum Gasteiger partial charge on any atom is -0.310 e. The third-order valence-corrected chi connectivity index (χ3v) is 2.66. The van der Waals surface area contributed by atoms with E-state index in [2.05, 4.69) is 9.97 Å². The second-order valence-corrected chi connectivity index (χ2v) is 3.94. The summed E-state index contributed by atoms with van der Waals surface area (Å²) in [6, 6.07) is 11.6. The summed E-state index contributed by atoms with van der Waals surface area (Å²) in [4.78, 5) is 16.3. The van der Waals surface area contributed by atoms with Crippen LogP contribution < -0.4 is 5.69 Å². The molecular weight excluding hydrogens is 234 g/mol. The molecule has 2 rings (SSSR count). The van der Waals surface area contributed by atoms with Crippen molar-refractivity contribution in [1.29, 1.82) is 5.26 Å². The van der Waals surface area contributed by atoms with Crippen molar-refractivity contribution >= 4 is 12.2 Å². The van der Waals surface area contributed by atoms with Gasteiger partial charge >= 0.3 is 5.69 Å². The summed E-state index contributed by atoms with van der Waals surface area (Å²) in [7, 11) is 0. The van der Waals surface area contributed by atoms with Gasteiger partial charge in [-0.05, 0) is 5.56 Å². The fourth-order valence-corrected chi connectivity index (χ4v) is 1.85. The van der Waals surface area contributed by atoms with Crippen molar-refractivity contribution in [3.8, 4) is 6.07 Å². The van der Waals surface area contributed by atoms with Gasteiger partial charge in [0.15, 0.2) is 0 Å². The number of nitrogens with one attached hydrogen (secondary N) is 2. The molecule has 0 aliphatic rings. The Balaban J connectivity index is 2.50. The number of aromatic nitrogens is 2. The Morgan fingerprint density at radius 3 is 2.59 bits per heavy atom. The average Bonchev–Trinajstić information content (AvgIpc) is 2.30. The Morgan fingerprint density at radius 2 is 1.94 bits per heavy atom. The van der Waals surface area contributed by atoms with Crippen LogP contribution in [0.25, 0.3) is 0 Å². The number of hydrogen-bond acceptors (Lipinski definition) is 3. The number of hydrogen-bond donors (Lipinski definition) is 2. The van der Waals surface area contributed by atoms with E-state index in [1.165, 1.54) is 0 Å². The highest BCUT2D eigenvalue weighted by atomic mass is 32.1. The molecular formula is C12H9N3OS. The number of benzene rings is 1. The fourth-order valence-electron chi connectivity index (χ4n) is 1.58. The quantitative estimate of drug-likeness (QED) is 0.791. The zero-order valence-corrected chi connectivity index (χ0v) is 9.67. The monoisotopic (exact) mass is 243 g/mol. The lowest BCUT2D eigenvalue weighted by Crippen LogP contribution is -2.15. The molecule has 0 bridgehead atoms. The molecule has 0 fully saturated rings. The maximum atomic E-state index is 11.3. The SMILES string of the molecule is N#Cc1c(Cc2ccccc2)[nH]c(=O)[nH]c1=S. The van der Waals surface area contributed by atoms with Crippen LogP contribution in [-0.2, 0) is 6.42 Å². The molecule has 0 saturated heterocycles. The summed E-state index contributed by atoms with van der Waals surface area (Å²) in [6.45, 7) is 0. The van der Waals surface area contributed by atoms with Crippen LogP contribution in [0.15, 0.2) is 35.1 Å². The molecule has 0 radical (unpaired) electrons. The largest absolute Gasteiger partial charge is 0.324 e. The lowest BCUT2D eigenvalue weighted by atomic mass is 10.1. The first-order valence-electron chi connectivity index (χ1n) is 5.00. The Kier molecular flexibility index (Phi) is 3.17. The highest BCUT2D eigenvalue weighted by Gasteiger charge is 2.06. The zero-order valence-electron chi connectivity index (χ0n) is 8.86. The Hall–Kier alpha value is -2.19. The van der Waals surface area contributed by atoms with Crippen molar-refractivity contribution in [1.82, 2.24) is 9.97 Å². The highest BCUT2D eigenvalue weighted by molar-refractivity contribution is 7.71. The van der Waals surface area contributed by atoms with Gasteiger partial charge in [-0.2, -0.15) is 5.26 Å². The molecule has 2 aromatic rings. The predicted molar refractivity (Wildman–Crippen MR) is 66.2 cm³/mol. The minimum absolute atomic E-state index is 0.183. The molecule has 0 spiro atoms. The maximum absolute atomic E-state index is 11.3. The molecule has 84 valence electrons. The molecule has 17 heavy (non-hydrogen) atoms. The number of H-pyrrole nitrogens is 2. The van der Waals surface area contributed by atoms with E-state index in [-0.39, 0.29) is 10.3 Å². The van der Waals surface area contributed by atoms with Gasteiger partial charge in [-0.15, -0.1) is 0 Å². The van der Waals surface area contributed by atoms with Gasteiger partial charge in [0.2, 0.25) is 0 Å². The molecule has 0 unspecified atom stereocenters. The first kappa shape index (κ1) is 11.3. The van der Waals surface area contributed by atoms with Gasteiger partial charge in [0.1, 0.15) is 16.3 Å². The van der Waals surface area contributed by atoms with E-state index in [0.717, 1.165) is 5.56 Å². The normalized spacial score (nSPS) is 9.82. The van der Waals surface area contributed by atoms with Crippen molar-refractivity contribution < 1.29 is 0 Å². The minimum atomic E-state index is -0.389. The van der Waals surface area contributed by atoms with Crippen LogP contribution >= 0.6 is 12.2 Å². The maximum Gasteiger partial charge on any atom is 0.324 e. The van der Waals surface area contributed by atoms with Gasteiger partial charge < -0.3 is 4.98 Å². The highest BCUT2D eigenvalue weighted by Crippen LogP contribution is 2.10. The average molecular weight is 243 g/mol. The molecule has 1 aromatic carbocycles. The van der Waals surface area contributed by atoms with Crippen molar-refractivity contribution in [3.63, 3.8) is 0 Å². The van der Waals surface area contributed by atoms with Crippen LogP contribution in [0.3, 0.4) is 0 Å². The van der Waals surface area contributed by atoms with Crippen molar-refractivity contribution in [2.45, 2.75) is 6.42 Å². The smallest absolute Gasteiger partial charge is 0.310 e. The van der Waals surface area contributed by atoms with Crippen molar-refractivity contribution in [2.24, 2.45) is 0 Å². The van der Waals surface area contributed by atoms with Crippen LogP contribution in [-0.4, -0.2) is 9.97 Å². The second-order valence-electron chi connectivity index (χ2n) is 3.54. The molecule has 1 heterocycles. The molecule has 0 atom stereocenters. The van der Waals surface area contributed by atoms with Crippen LogP contribution in [0.2, 0.25) is 0 Å². The standard InChI is InChI=1S/C12H9N3OS/c13-7-9-10(14-12(16)15-11(9)17)6-8-4-2-1-3-5-8/h1-5H,6H2,(H2,14,15,16,17). The summed E-state index contributed by atoms with van der Waals surface area (Å²) in [5, 5.41) is 9.01. The third kappa shape index (κ3) is 2.49. The van der Waals surface area contributed by atoms with E-state index >= 15 is 0 Å². The molecule has 0 saturated carbocycles. The molecule has 4 nitrogen and oxygen atoms in total. The van der Waals surface area contributed by atoms with Crippen molar-refractivity contribution in [3.05, 3.63) is 62.3 Å². The Labute approximate surface area is 103 Å². The van der Waals surface area contributed by atoms with E-state index in [4.69, 9.17) is 17.5 Å².